The van der Waals surface area contributed by atoms with Crippen molar-refractivity contribution in [2.45, 2.75) is 116 Å². The van der Waals surface area contributed by atoms with Crippen molar-refractivity contribution in [3.05, 3.63) is 59.2 Å². The van der Waals surface area contributed by atoms with E-state index in [0.29, 0.717) is 12.5 Å². The first kappa shape index (κ1) is 27.5. The number of benzene rings is 1. The monoisotopic (exact) mass is 497 g/mol. The fourth-order valence-corrected chi connectivity index (χ4v) is 6.40. The summed E-state index contributed by atoms with van der Waals surface area (Å²) in [6, 6.07) is 10.5. The minimum atomic E-state index is -0.616. The zero-order valence-corrected chi connectivity index (χ0v) is 23.2. The van der Waals surface area contributed by atoms with Gasteiger partial charge in [0.15, 0.2) is 5.79 Å². The molecule has 3 heterocycles. The highest BCUT2D eigenvalue weighted by Crippen LogP contribution is 2.41. The van der Waals surface area contributed by atoms with Gasteiger partial charge in [-0.3, -0.25) is 4.90 Å². The third-order valence-corrected chi connectivity index (χ3v) is 8.16. The molecule has 3 saturated heterocycles. The number of rotatable bonds is 9. The van der Waals surface area contributed by atoms with Gasteiger partial charge in [-0.25, -0.2) is 0 Å². The molecular weight excluding hydrogens is 450 g/mol. The second kappa shape index (κ2) is 11.5. The Balaban J connectivity index is 1.48. The van der Waals surface area contributed by atoms with Gasteiger partial charge in [0.2, 0.25) is 0 Å². The van der Waals surface area contributed by atoms with Crippen LogP contribution in [0.25, 0.3) is 0 Å². The molecule has 4 rings (SSSR count). The van der Waals surface area contributed by atoms with Crippen LogP contribution in [-0.2, 0) is 20.8 Å². The Bertz CT molecular complexity index is 926. The molecule has 0 spiro atoms. The number of nitrogens with zero attached hydrogens (tertiary/aromatic N) is 1. The molecule has 5 heteroatoms. The van der Waals surface area contributed by atoms with E-state index in [1.165, 1.54) is 5.57 Å². The van der Waals surface area contributed by atoms with E-state index in [9.17, 15) is 5.11 Å². The predicted octanol–water partition coefficient (Wildman–Crippen LogP) is 6.02. The summed E-state index contributed by atoms with van der Waals surface area (Å²) in [4.78, 5) is 2.52. The van der Waals surface area contributed by atoms with Crippen LogP contribution in [0.2, 0.25) is 0 Å². The summed E-state index contributed by atoms with van der Waals surface area (Å²) in [6.07, 6.45) is 9.37. The topological polar surface area (TPSA) is 51.2 Å². The second-order valence-electron chi connectivity index (χ2n) is 11.7. The molecule has 6 atom stereocenters. The van der Waals surface area contributed by atoms with Gasteiger partial charge in [-0.2, -0.15) is 0 Å². The minimum absolute atomic E-state index is 0.0140. The summed E-state index contributed by atoms with van der Waals surface area (Å²) < 4.78 is 18.8. The fraction of sp³-hybridized carbons (Fsp3) is 0.677. The van der Waals surface area contributed by atoms with E-state index in [1.54, 1.807) is 0 Å². The number of hydrogen-bond donors (Lipinski definition) is 1. The third-order valence-electron chi connectivity index (χ3n) is 8.16. The van der Waals surface area contributed by atoms with Crippen molar-refractivity contribution in [1.82, 2.24) is 4.90 Å². The maximum absolute atomic E-state index is 11.6. The van der Waals surface area contributed by atoms with Gasteiger partial charge in [-0.1, -0.05) is 62.8 Å². The molecular formula is C31H47NO4. The Labute approximate surface area is 218 Å². The maximum Gasteiger partial charge on any atom is 0.164 e. The molecule has 0 saturated carbocycles. The molecule has 5 nitrogen and oxygen atoms in total. The average Bonchev–Trinajstić information content (AvgIpc) is 3.42. The zero-order valence-electron chi connectivity index (χ0n) is 23.2. The van der Waals surface area contributed by atoms with Crippen LogP contribution in [0.3, 0.4) is 0 Å². The van der Waals surface area contributed by atoms with Gasteiger partial charge in [0.1, 0.15) is 17.8 Å². The average molecular weight is 498 g/mol. The summed E-state index contributed by atoms with van der Waals surface area (Å²) in [6.45, 7) is 15.1. The van der Waals surface area contributed by atoms with Crippen molar-refractivity contribution in [3.8, 4) is 0 Å². The van der Waals surface area contributed by atoms with E-state index in [1.807, 2.05) is 32.0 Å². The number of allylic oxidation sites excluding steroid dienone is 2. The largest absolute Gasteiger partial charge is 0.386 e. The lowest BCUT2D eigenvalue weighted by Crippen LogP contribution is -2.62. The van der Waals surface area contributed by atoms with Crippen LogP contribution in [0, 0.1) is 5.92 Å². The third kappa shape index (κ3) is 6.14. The molecule has 3 aliphatic rings. The first-order chi connectivity index (χ1) is 17.1. The molecule has 0 bridgehead atoms. The molecule has 0 aromatic heterocycles. The van der Waals surface area contributed by atoms with Crippen LogP contribution < -0.4 is 0 Å². The molecule has 0 radical (unpaired) electrons. The van der Waals surface area contributed by atoms with Gasteiger partial charge in [0, 0.05) is 12.6 Å². The van der Waals surface area contributed by atoms with Crippen LogP contribution in [-0.4, -0.2) is 58.8 Å². The van der Waals surface area contributed by atoms with Gasteiger partial charge < -0.3 is 19.3 Å². The lowest BCUT2D eigenvalue weighted by Gasteiger charge is -2.49. The quantitative estimate of drug-likeness (QED) is 0.423. The number of piperidine rings is 1. The Kier molecular flexibility index (Phi) is 8.79. The van der Waals surface area contributed by atoms with Crippen molar-refractivity contribution in [3.63, 3.8) is 0 Å². The van der Waals surface area contributed by atoms with Gasteiger partial charge in [0.25, 0.3) is 0 Å². The Morgan fingerprint density at radius 1 is 1.22 bits per heavy atom. The van der Waals surface area contributed by atoms with Gasteiger partial charge in [0.05, 0.1) is 12.7 Å². The number of hydrogen-bond acceptors (Lipinski definition) is 5. The van der Waals surface area contributed by atoms with Crippen molar-refractivity contribution in [1.29, 1.82) is 0 Å². The first-order valence-electron chi connectivity index (χ1n) is 14.0. The lowest BCUT2D eigenvalue weighted by atomic mass is 9.79. The van der Waals surface area contributed by atoms with Crippen molar-refractivity contribution in [2.75, 3.05) is 13.1 Å². The Hall–Kier alpha value is -1.50. The normalized spacial score (nSPS) is 34.8. The summed E-state index contributed by atoms with van der Waals surface area (Å²) >= 11 is 0. The van der Waals surface area contributed by atoms with E-state index >= 15 is 0 Å². The van der Waals surface area contributed by atoms with Crippen LogP contribution in [0.5, 0.6) is 0 Å². The van der Waals surface area contributed by atoms with E-state index in [4.69, 9.17) is 14.2 Å². The number of ether oxygens (including phenoxy) is 3. The maximum atomic E-state index is 11.6. The summed E-state index contributed by atoms with van der Waals surface area (Å²) in [5, 5.41) is 11.6. The van der Waals surface area contributed by atoms with Crippen LogP contribution in [0.1, 0.15) is 79.2 Å². The highest BCUT2D eigenvalue weighted by molar-refractivity contribution is 5.25. The Morgan fingerprint density at radius 2 is 1.97 bits per heavy atom. The van der Waals surface area contributed by atoms with E-state index in [0.717, 1.165) is 56.3 Å². The fourth-order valence-electron chi connectivity index (χ4n) is 6.40. The highest BCUT2D eigenvalue weighted by Gasteiger charge is 2.51. The number of aliphatic hydroxyl groups is 1. The van der Waals surface area contributed by atoms with Gasteiger partial charge in [-0.15, -0.1) is 0 Å². The van der Waals surface area contributed by atoms with E-state index in [-0.39, 0.29) is 18.2 Å². The first-order valence-corrected chi connectivity index (χ1v) is 14.0. The molecule has 0 aliphatic carbocycles. The van der Waals surface area contributed by atoms with Gasteiger partial charge in [-0.05, 0) is 82.6 Å². The molecule has 1 aromatic rings. The SMILES string of the molecule is CCC/C(=C\C[C@@H](C)/C=C1\CN2CCC[C@H]2[C@@](C)(OCc2ccccc2)[C@H]1O)[C@H]1OC(C)(C)O[C@@H]1C. The molecule has 36 heavy (non-hydrogen) atoms. The molecule has 0 unspecified atom stereocenters. The Morgan fingerprint density at radius 3 is 2.64 bits per heavy atom. The lowest BCUT2D eigenvalue weighted by molar-refractivity contribution is -0.158. The van der Waals surface area contributed by atoms with Crippen molar-refractivity contribution >= 4 is 0 Å². The van der Waals surface area contributed by atoms with Crippen LogP contribution >= 0.6 is 0 Å². The van der Waals surface area contributed by atoms with Crippen LogP contribution in [0.4, 0.5) is 0 Å². The second-order valence-corrected chi connectivity index (χ2v) is 11.7. The van der Waals surface area contributed by atoms with Gasteiger partial charge >= 0.3 is 0 Å². The highest BCUT2D eigenvalue weighted by atomic mass is 16.7. The minimum Gasteiger partial charge on any atom is -0.386 e. The standard InChI is InChI=1S/C31H47NO4/c1-7-12-25(28-23(3)35-30(4,5)36-28)17-16-22(2)19-26-20-32-18-11-15-27(32)31(6,29(26)33)34-21-24-13-9-8-10-14-24/h8-10,13-14,17,19,22-23,27-29,33H,7,11-12,15-16,18,20-21H2,1-6H3/b25-17+,26-19+/t22-,23-,27+,28+,29+,31-/m1/s1. The zero-order chi connectivity index (χ0) is 25.9. The summed E-state index contributed by atoms with van der Waals surface area (Å²) in [5.41, 5.74) is 2.95. The summed E-state index contributed by atoms with van der Waals surface area (Å²) in [5.74, 6) is -0.225. The van der Waals surface area contributed by atoms with E-state index < -0.39 is 17.5 Å². The molecule has 0 amide bonds. The van der Waals surface area contributed by atoms with Crippen LogP contribution in [0.15, 0.2) is 53.6 Å². The molecule has 200 valence electrons. The smallest absolute Gasteiger partial charge is 0.164 e. The van der Waals surface area contributed by atoms with Crippen molar-refractivity contribution in [2.24, 2.45) is 5.92 Å². The summed E-state index contributed by atoms with van der Waals surface area (Å²) in [7, 11) is 0. The molecule has 3 aliphatic heterocycles. The van der Waals surface area contributed by atoms with Crippen molar-refractivity contribution < 1.29 is 19.3 Å². The number of aliphatic hydroxyl groups excluding tert-OH is 1. The number of fused-ring (bicyclic) bond motifs is 1. The predicted molar refractivity (Wildman–Crippen MR) is 145 cm³/mol. The molecule has 1 aromatic carbocycles. The molecule has 1 N–H and O–H groups in total. The van der Waals surface area contributed by atoms with E-state index in [2.05, 4.69) is 56.9 Å². The molecule has 3 fully saturated rings.